The van der Waals surface area contributed by atoms with E-state index in [4.69, 9.17) is 35.4 Å². The first kappa shape index (κ1) is 23.8. The highest BCUT2D eigenvalue weighted by molar-refractivity contribution is 6.22. The summed E-state index contributed by atoms with van der Waals surface area (Å²) in [5, 5.41) is -1.08. The van der Waals surface area contributed by atoms with Crippen LogP contribution in [0, 0.1) is 0 Å². The van der Waals surface area contributed by atoms with Crippen LogP contribution >= 0.6 is 0 Å². The lowest BCUT2D eigenvalue weighted by molar-refractivity contribution is 0.953. The Balaban J connectivity index is 1.30. The van der Waals surface area contributed by atoms with Crippen molar-refractivity contribution in [1.82, 2.24) is 39.0 Å². The van der Waals surface area contributed by atoms with Crippen LogP contribution in [0.25, 0.3) is 112 Å². The molecule has 12 rings (SSSR count). The SMILES string of the molecule is [2H]c1c([2H])c([2H])c2c(c1[2H])c1c(-c3c([2H])c([2H])c([2H])c4c3c3c([2H])c([2H])c([2H])c([2H])c3n4-c3nc(-c4ccccc4)nc(-c4ccccc4)n3)c([2H])c([2H])c([2H])c1n2-c1nc(-c2ccccc2)nc(-c2ccccc2)n1. The van der Waals surface area contributed by atoms with Crippen LogP contribution in [-0.4, -0.2) is 39.0 Å². The molecule has 4 heterocycles. The largest absolute Gasteiger partial charge is 0.278 e. The first-order chi connectivity index (χ1) is 36.6. The van der Waals surface area contributed by atoms with Crippen molar-refractivity contribution in [2.45, 2.75) is 0 Å². The third-order valence-electron chi connectivity index (χ3n) is 10.5. The maximum absolute atomic E-state index is 9.82. The second kappa shape index (κ2) is 14.6. The molecule has 0 saturated heterocycles. The zero-order valence-corrected chi connectivity index (χ0v) is 32.1. The van der Waals surface area contributed by atoms with E-state index < -0.39 is 95.7 Å². The fraction of sp³-hybridized carbons (Fsp3) is 0. The lowest BCUT2D eigenvalue weighted by Gasteiger charge is -2.12. The summed E-state index contributed by atoms with van der Waals surface area (Å²) in [4.78, 5) is 29.0. The molecule has 0 atom stereocenters. The second-order valence-corrected chi connectivity index (χ2v) is 14.1. The van der Waals surface area contributed by atoms with Gasteiger partial charge in [0.2, 0.25) is 11.9 Å². The van der Waals surface area contributed by atoms with E-state index in [1.165, 1.54) is 9.13 Å². The molecule has 0 amide bonds. The zero-order valence-electron chi connectivity index (χ0n) is 46.1. The Kier molecular flexibility index (Phi) is 5.61. The Labute approximate surface area is 375 Å². The predicted molar refractivity (Wildman–Crippen MR) is 249 cm³/mol. The Morgan fingerprint density at radius 1 is 0.306 bits per heavy atom. The van der Waals surface area contributed by atoms with Crippen LogP contribution in [0.2, 0.25) is 0 Å². The molecule has 0 aliphatic rings. The zero-order chi connectivity index (χ0) is 53.2. The summed E-state index contributed by atoms with van der Waals surface area (Å²) in [6.07, 6.45) is 0. The molecule has 0 aliphatic carbocycles. The Morgan fingerprint density at radius 3 is 0.952 bits per heavy atom. The molecule has 0 unspecified atom stereocenters. The van der Waals surface area contributed by atoms with Crippen molar-refractivity contribution in [3.63, 3.8) is 0 Å². The minimum absolute atomic E-state index is 0.140. The van der Waals surface area contributed by atoms with E-state index in [0.717, 1.165) is 0 Å². The van der Waals surface area contributed by atoms with Gasteiger partial charge in [0.1, 0.15) is 0 Å². The monoisotopic (exact) mass is 808 g/mol. The number of aromatic nitrogens is 8. The molecule has 8 aromatic carbocycles. The van der Waals surface area contributed by atoms with Crippen molar-refractivity contribution in [1.29, 1.82) is 0 Å². The van der Waals surface area contributed by atoms with Crippen molar-refractivity contribution in [2.24, 2.45) is 0 Å². The van der Waals surface area contributed by atoms with Gasteiger partial charge in [-0.1, -0.05) is 182 Å². The molecular formula is C54H34N8. The lowest BCUT2D eigenvalue weighted by atomic mass is 9.95. The molecule has 0 saturated carbocycles. The van der Waals surface area contributed by atoms with E-state index in [0.29, 0.717) is 22.3 Å². The van der Waals surface area contributed by atoms with Crippen molar-refractivity contribution in [3.05, 3.63) is 206 Å². The second-order valence-electron chi connectivity index (χ2n) is 14.1. The van der Waals surface area contributed by atoms with Crippen molar-refractivity contribution < 1.29 is 19.2 Å². The maximum Gasteiger partial charge on any atom is 0.238 e. The summed E-state index contributed by atoms with van der Waals surface area (Å²) in [6, 6.07) is 26.0. The number of benzene rings is 8. The van der Waals surface area contributed by atoms with Crippen molar-refractivity contribution >= 4 is 43.6 Å². The van der Waals surface area contributed by atoms with Gasteiger partial charge >= 0.3 is 0 Å². The molecule has 62 heavy (non-hydrogen) atoms. The van der Waals surface area contributed by atoms with Gasteiger partial charge in [-0.15, -0.1) is 0 Å². The summed E-state index contributed by atoms with van der Waals surface area (Å²) < 4.78 is 134. The first-order valence-corrected chi connectivity index (χ1v) is 19.4. The quantitative estimate of drug-likeness (QED) is 0.159. The van der Waals surface area contributed by atoms with Crippen LogP contribution in [0.4, 0.5) is 0 Å². The smallest absolute Gasteiger partial charge is 0.238 e. The molecule has 0 aliphatic heterocycles. The fourth-order valence-corrected chi connectivity index (χ4v) is 7.72. The molecule has 8 heteroatoms. The number of nitrogens with zero attached hydrogens (tertiary/aromatic N) is 8. The third kappa shape index (κ3) is 5.84. The predicted octanol–water partition coefficient (Wildman–Crippen LogP) is 12.6. The maximum atomic E-state index is 9.82. The molecule has 0 radical (unpaired) electrons. The van der Waals surface area contributed by atoms with Gasteiger partial charge in [0.15, 0.2) is 23.3 Å². The third-order valence-corrected chi connectivity index (χ3v) is 10.5. The summed E-state index contributed by atoms with van der Waals surface area (Å²) in [5.74, 6) is 0.0834. The highest BCUT2D eigenvalue weighted by Gasteiger charge is 2.24. The van der Waals surface area contributed by atoms with Crippen LogP contribution in [0.1, 0.15) is 19.2 Å². The van der Waals surface area contributed by atoms with Crippen LogP contribution in [0.5, 0.6) is 0 Å². The summed E-state index contributed by atoms with van der Waals surface area (Å²) in [7, 11) is 0. The van der Waals surface area contributed by atoms with E-state index >= 15 is 0 Å². The van der Waals surface area contributed by atoms with Gasteiger partial charge in [-0.05, 0) is 35.3 Å². The number of para-hydroxylation sites is 2. The fourth-order valence-electron chi connectivity index (χ4n) is 7.72. The summed E-state index contributed by atoms with van der Waals surface area (Å²) >= 11 is 0. The normalized spacial score (nSPS) is 14.7. The van der Waals surface area contributed by atoms with E-state index in [1.807, 2.05) is 0 Å². The molecule has 0 bridgehead atoms. The van der Waals surface area contributed by atoms with Crippen LogP contribution in [0.15, 0.2) is 206 Å². The topological polar surface area (TPSA) is 87.2 Å². The molecule has 8 nitrogen and oxygen atoms in total. The molecular weight excluding hydrogens is 761 g/mol. The van der Waals surface area contributed by atoms with Crippen LogP contribution in [0.3, 0.4) is 0 Å². The molecule has 0 N–H and O–H groups in total. The highest BCUT2D eigenvalue weighted by Crippen LogP contribution is 2.44. The average Bonchev–Trinajstić information content (AvgIpc) is 4.21. The summed E-state index contributed by atoms with van der Waals surface area (Å²) in [6.45, 7) is 0. The van der Waals surface area contributed by atoms with Gasteiger partial charge in [0.25, 0.3) is 0 Å². The van der Waals surface area contributed by atoms with E-state index in [2.05, 4.69) is 0 Å². The lowest BCUT2D eigenvalue weighted by Crippen LogP contribution is -2.06. The van der Waals surface area contributed by atoms with Gasteiger partial charge < -0.3 is 0 Å². The first-order valence-electron chi connectivity index (χ1n) is 26.4. The Bertz CT molecular complexity index is 4040. The van der Waals surface area contributed by atoms with Gasteiger partial charge in [0, 0.05) is 43.8 Å². The van der Waals surface area contributed by atoms with Gasteiger partial charge in [0.05, 0.1) is 41.3 Å². The van der Waals surface area contributed by atoms with Crippen LogP contribution in [-0.2, 0) is 0 Å². The van der Waals surface area contributed by atoms with Gasteiger partial charge in [-0.2, -0.15) is 19.9 Å². The standard InChI is InChI=1S/C54H34N8/c1-5-19-35(20-6-1)49-55-50(36-21-7-2-8-22-36)58-53(57-49)61-43-31-15-13-27-41(43)47-39(29-17-33-45(47)61)40-30-18-34-46-48(40)42-28-14-16-32-44(42)62(46)54-59-51(37-23-9-3-10-24-37)56-52(60-54)38-25-11-4-12-26-38/h1-34H/i13D,14D,15D,16D,17D,18D,27D,28D,29D,30D,31D,32D,33D,34D. The molecule has 12 aromatic rings. The minimum Gasteiger partial charge on any atom is -0.278 e. The number of hydrogen-bond donors (Lipinski definition) is 0. The van der Waals surface area contributed by atoms with E-state index in [1.54, 1.807) is 121 Å². The number of fused-ring (bicyclic) bond motifs is 6. The molecule has 0 spiro atoms. The molecule has 290 valence electrons. The van der Waals surface area contributed by atoms with Crippen LogP contribution < -0.4 is 0 Å². The van der Waals surface area contributed by atoms with E-state index in [9.17, 15) is 13.7 Å². The minimum atomic E-state index is -0.750. The number of rotatable bonds is 7. The number of hydrogen-bond acceptors (Lipinski definition) is 6. The van der Waals surface area contributed by atoms with Gasteiger partial charge in [-0.3, -0.25) is 9.13 Å². The van der Waals surface area contributed by atoms with E-state index in [-0.39, 0.29) is 78.8 Å². The Morgan fingerprint density at radius 2 is 0.613 bits per heavy atom. The Hall–Kier alpha value is -8.62. The average molecular weight is 809 g/mol. The van der Waals surface area contributed by atoms with Gasteiger partial charge in [-0.25, -0.2) is 9.97 Å². The molecule has 0 fully saturated rings. The van der Waals surface area contributed by atoms with Crippen molar-refractivity contribution in [2.75, 3.05) is 0 Å². The van der Waals surface area contributed by atoms with Crippen molar-refractivity contribution in [3.8, 4) is 68.6 Å². The highest BCUT2D eigenvalue weighted by atomic mass is 15.2. The summed E-state index contributed by atoms with van der Waals surface area (Å²) in [5.41, 5.74) is 0.211. The molecule has 4 aromatic heterocycles.